The van der Waals surface area contributed by atoms with Gasteiger partial charge in [-0.05, 0) is 12.8 Å². The molecule has 4 nitrogen and oxygen atoms in total. The zero-order valence-corrected chi connectivity index (χ0v) is 6.66. The van der Waals surface area contributed by atoms with Gasteiger partial charge in [-0.3, -0.25) is 0 Å². The van der Waals surface area contributed by atoms with Crippen molar-refractivity contribution in [3.05, 3.63) is 23.1 Å². The number of aromatic nitrogens is 2. The summed E-state index contributed by atoms with van der Waals surface area (Å²) in [7, 11) is 0. The minimum Gasteiger partial charge on any atom is -0.339 e. The Bertz CT molecular complexity index is 308. The molecule has 0 N–H and O–H groups in total. The quantitative estimate of drug-likeness (QED) is 0.624. The minimum absolute atomic E-state index is 0.232. The summed E-state index contributed by atoms with van der Waals surface area (Å²) in [5.41, 5.74) is 0. The first-order valence-electron chi connectivity index (χ1n) is 4.06. The number of hydrogen-bond acceptors (Lipinski definition) is 3. The molecule has 2 rings (SSSR count). The summed E-state index contributed by atoms with van der Waals surface area (Å²) in [6, 6.07) is 0. The van der Waals surface area contributed by atoms with E-state index in [2.05, 4.69) is 15.0 Å². The van der Waals surface area contributed by atoms with Crippen molar-refractivity contribution in [2.24, 2.45) is 0 Å². The van der Waals surface area contributed by atoms with E-state index in [-0.39, 0.29) is 6.54 Å². The highest BCUT2D eigenvalue weighted by Crippen LogP contribution is 2.35. The van der Waals surface area contributed by atoms with E-state index in [9.17, 15) is 0 Å². The molecular formula is C8H9N3O. The van der Waals surface area contributed by atoms with Crippen molar-refractivity contribution < 1.29 is 4.52 Å². The van der Waals surface area contributed by atoms with Gasteiger partial charge in [-0.15, -0.1) is 0 Å². The van der Waals surface area contributed by atoms with Crippen LogP contribution in [0.25, 0.3) is 4.85 Å². The highest BCUT2D eigenvalue weighted by Gasteiger charge is 2.25. The molecule has 1 fully saturated rings. The molecule has 0 unspecified atom stereocenters. The van der Waals surface area contributed by atoms with Crippen LogP contribution in [0.1, 0.15) is 36.9 Å². The van der Waals surface area contributed by atoms with Crippen LogP contribution < -0.4 is 0 Å². The van der Waals surface area contributed by atoms with Crippen molar-refractivity contribution in [1.29, 1.82) is 0 Å². The van der Waals surface area contributed by atoms with Crippen LogP contribution in [0.5, 0.6) is 0 Å². The zero-order chi connectivity index (χ0) is 8.39. The maximum Gasteiger partial charge on any atom is 0.276 e. The fourth-order valence-electron chi connectivity index (χ4n) is 1.22. The van der Waals surface area contributed by atoms with Gasteiger partial charge in [0, 0.05) is 5.92 Å². The maximum atomic E-state index is 6.62. The molecule has 1 aromatic rings. The third-order valence-corrected chi connectivity index (χ3v) is 2.16. The van der Waals surface area contributed by atoms with Gasteiger partial charge in [0.15, 0.2) is 0 Å². The van der Waals surface area contributed by atoms with Crippen LogP contribution in [0, 0.1) is 6.57 Å². The first kappa shape index (κ1) is 7.29. The molecule has 62 valence electrons. The second-order valence-electron chi connectivity index (χ2n) is 2.99. The Morgan fingerprint density at radius 2 is 2.42 bits per heavy atom. The van der Waals surface area contributed by atoms with Crippen LogP contribution in [-0.2, 0) is 6.54 Å². The van der Waals surface area contributed by atoms with E-state index >= 15 is 0 Å². The predicted octanol–water partition coefficient (Wildman–Crippen LogP) is 1.76. The molecular weight excluding hydrogens is 154 g/mol. The summed E-state index contributed by atoms with van der Waals surface area (Å²) in [5.74, 6) is 1.71. The topological polar surface area (TPSA) is 43.3 Å². The number of hydrogen-bond donors (Lipinski definition) is 0. The minimum atomic E-state index is 0.232. The molecule has 0 atom stereocenters. The van der Waals surface area contributed by atoms with E-state index in [0.717, 1.165) is 18.7 Å². The van der Waals surface area contributed by atoms with Gasteiger partial charge < -0.3 is 9.37 Å². The first-order chi connectivity index (χ1) is 5.90. The summed E-state index contributed by atoms with van der Waals surface area (Å²) in [4.78, 5) is 7.32. The van der Waals surface area contributed by atoms with Crippen molar-refractivity contribution in [2.45, 2.75) is 31.7 Å². The maximum absolute atomic E-state index is 6.62. The van der Waals surface area contributed by atoms with Crippen molar-refractivity contribution in [3.63, 3.8) is 0 Å². The Labute approximate surface area is 70.4 Å². The van der Waals surface area contributed by atoms with Gasteiger partial charge in [0.2, 0.25) is 5.89 Å². The lowest BCUT2D eigenvalue weighted by atomic mass is 9.85. The average Bonchev–Trinajstić information content (AvgIpc) is 2.34. The van der Waals surface area contributed by atoms with E-state index in [1.807, 2.05) is 0 Å². The summed E-state index contributed by atoms with van der Waals surface area (Å²) in [6.45, 7) is 6.85. The number of rotatable bonds is 2. The SMILES string of the molecule is [C-]#[N+]Cc1noc(C2CCC2)n1. The predicted molar refractivity (Wildman–Crippen MR) is 41.2 cm³/mol. The van der Waals surface area contributed by atoms with E-state index in [4.69, 9.17) is 11.1 Å². The van der Waals surface area contributed by atoms with Crippen molar-refractivity contribution in [2.75, 3.05) is 0 Å². The van der Waals surface area contributed by atoms with E-state index < -0.39 is 0 Å². The zero-order valence-electron chi connectivity index (χ0n) is 6.66. The van der Waals surface area contributed by atoms with Gasteiger partial charge in [-0.1, -0.05) is 11.6 Å². The van der Waals surface area contributed by atoms with E-state index in [0.29, 0.717) is 11.7 Å². The molecule has 0 amide bonds. The first-order valence-corrected chi connectivity index (χ1v) is 4.06. The van der Waals surface area contributed by atoms with Gasteiger partial charge >= 0.3 is 0 Å². The summed E-state index contributed by atoms with van der Waals surface area (Å²) >= 11 is 0. The molecule has 1 heterocycles. The summed E-state index contributed by atoms with van der Waals surface area (Å²) < 4.78 is 5.02. The Morgan fingerprint density at radius 3 is 3.00 bits per heavy atom. The highest BCUT2D eigenvalue weighted by molar-refractivity contribution is 4.98. The normalized spacial score (nSPS) is 16.9. The molecule has 0 bridgehead atoms. The highest BCUT2D eigenvalue weighted by atomic mass is 16.5. The van der Waals surface area contributed by atoms with E-state index in [1.54, 1.807) is 0 Å². The Morgan fingerprint density at radius 1 is 1.58 bits per heavy atom. The lowest BCUT2D eigenvalue weighted by molar-refractivity contribution is 0.291. The van der Waals surface area contributed by atoms with Gasteiger partial charge in [0.25, 0.3) is 12.4 Å². The molecule has 4 heteroatoms. The largest absolute Gasteiger partial charge is 0.339 e. The van der Waals surface area contributed by atoms with Crippen molar-refractivity contribution >= 4 is 0 Å². The smallest absolute Gasteiger partial charge is 0.276 e. The van der Waals surface area contributed by atoms with Gasteiger partial charge in [0.05, 0.1) is 0 Å². The monoisotopic (exact) mass is 163 g/mol. The molecule has 0 saturated heterocycles. The lowest BCUT2D eigenvalue weighted by Crippen LogP contribution is -2.08. The lowest BCUT2D eigenvalue weighted by Gasteiger charge is -2.20. The summed E-state index contributed by atoms with van der Waals surface area (Å²) in [5, 5.41) is 3.71. The standard InChI is InChI=1S/C8H9N3O/c1-9-5-7-10-8(12-11-7)6-3-2-4-6/h6H,2-5H2. The van der Waals surface area contributed by atoms with Crippen LogP contribution >= 0.6 is 0 Å². The molecule has 0 aromatic carbocycles. The second-order valence-corrected chi connectivity index (χ2v) is 2.99. The average molecular weight is 163 g/mol. The Hall–Kier alpha value is -1.37. The molecule has 0 spiro atoms. The molecule has 0 aliphatic heterocycles. The Kier molecular flexibility index (Phi) is 1.78. The third-order valence-electron chi connectivity index (χ3n) is 2.16. The van der Waals surface area contributed by atoms with Gasteiger partial charge in [-0.25, -0.2) is 6.57 Å². The van der Waals surface area contributed by atoms with Gasteiger partial charge in [-0.2, -0.15) is 4.98 Å². The Balaban J connectivity index is 2.08. The molecule has 12 heavy (non-hydrogen) atoms. The molecule has 1 aromatic heterocycles. The second kappa shape index (κ2) is 2.94. The van der Waals surface area contributed by atoms with E-state index in [1.165, 1.54) is 6.42 Å². The van der Waals surface area contributed by atoms with Crippen molar-refractivity contribution in [1.82, 2.24) is 10.1 Å². The molecule has 1 saturated carbocycles. The van der Waals surface area contributed by atoms with Crippen LogP contribution in [-0.4, -0.2) is 10.1 Å². The molecule has 1 aliphatic rings. The molecule has 0 radical (unpaired) electrons. The fourth-order valence-corrected chi connectivity index (χ4v) is 1.22. The fraction of sp³-hybridized carbons (Fsp3) is 0.625. The van der Waals surface area contributed by atoms with Crippen LogP contribution in [0.2, 0.25) is 0 Å². The third kappa shape index (κ3) is 1.18. The van der Waals surface area contributed by atoms with Gasteiger partial charge in [0.1, 0.15) is 0 Å². The number of nitrogens with zero attached hydrogens (tertiary/aromatic N) is 3. The molecule has 1 aliphatic carbocycles. The van der Waals surface area contributed by atoms with Crippen molar-refractivity contribution in [3.8, 4) is 0 Å². The van der Waals surface area contributed by atoms with Crippen LogP contribution in [0.3, 0.4) is 0 Å². The van der Waals surface area contributed by atoms with Crippen LogP contribution in [0.4, 0.5) is 0 Å². The summed E-state index contributed by atoms with van der Waals surface area (Å²) in [6.07, 6.45) is 3.56. The van der Waals surface area contributed by atoms with Crippen LogP contribution in [0.15, 0.2) is 4.52 Å².